The number of para-hydroxylation sites is 1. The van der Waals surface area contributed by atoms with E-state index >= 15 is 0 Å². The summed E-state index contributed by atoms with van der Waals surface area (Å²) < 4.78 is 10.6. The summed E-state index contributed by atoms with van der Waals surface area (Å²) in [6, 6.07) is 13.9. The molecule has 0 fully saturated rings. The number of anilines is 1. The molecule has 0 aromatic heterocycles. The number of nitrogens with zero attached hydrogens (tertiary/aromatic N) is 3. The number of fused-ring (bicyclic) bond motifs is 1. The first kappa shape index (κ1) is 17.0. The average Bonchev–Trinajstić information content (AvgIpc) is 2.82. The average molecular weight is 337 g/mol. The Labute approximate surface area is 148 Å². The summed E-state index contributed by atoms with van der Waals surface area (Å²) in [4.78, 5) is 2.17. The van der Waals surface area contributed by atoms with Gasteiger partial charge in [-0.1, -0.05) is 32.0 Å². The zero-order valence-corrected chi connectivity index (χ0v) is 15.3. The van der Waals surface area contributed by atoms with Gasteiger partial charge in [0, 0.05) is 29.9 Å². The standard InChI is InChI=1S/C20H23N3O2/c1-20(2)15-8-6-7-9-17(15)23(3)19(20)13-21-22-16-11-10-14(24-4)12-18(16)25-5/h6-13H,1-5H3. The molecule has 0 spiro atoms. The molecule has 130 valence electrons. The maximum atomic E-state index is 5.36. The van der Waals surface area contributed by atoms with Crippen molar-refractivity contribution in [3.8, 4) is 11.5 Å². The van der Waals surface area contributed by atoms with Crippen molar-refractivity contribution in [1.29, 1.82) is 0 Å². The summed E-state index contributed by atoms with van der Waals surface area (Å²) in [5.41, 5.74) is 4.15. The Hall–Kier alpha value is -2.82. The van der Waals surface area contributed by atoms with Gasteiger partial charge in [0.05, 0.1) is 20.4 Å². The molecule has 3 rings (SSSR count). The molecule has 5 nitrogen and oxygen atoms in total. The number of hydrogen-bond acceptors (Lipinski definition) is 5. The smallest absolute Gasteiger partial charge is 0.150 e. The Bertz CT molecular complexity index is 841. The van der Waals surface area contributed by atoms with Crippen molar-refractivity contribution < 1.29 is 9.47 Å². The van der Waals surface area contributed by atoms with Gasteiger partial charge >= 0.3 is 0 Å². The summed E-state index contributed by atoms with van der Waals surface area (Å²) in [6.07, 6.45) is 1.82. The second-order valence-corrected chi connectivity index (χ2v) is 6.47. The Morgan fingerprint density at radius 2 is 1.80 bits per heavy atom. The third-order valence-electron chi connectivity index (χ3n) is 4.67. The largest absolute Gasteiger partial charge is 0.497 e. The molecule has 2 aromatic carbocycles. The van der Waals surface area contributed by atoms with Gasteiger partial charge < -0.3 is 14.4 Å². The number of azo groups is 1. The van der Waals surface area contributed by atoms with Crippen LogP contribution in [0.3, 0.4) is 0 Å². The van der Waals surface area contributed by atoms with Crippen LogP contribution in [0, 0.1) is 0 Å². The van der Waals surface area contributed by atoms with E-state index in [2.05, 4.69) is 60.3 Å². The van der Waals surface area contributed by atoms with Crippen LogP contribution in [0.5, 0.6) is 11.5 Å². The third kappa shape index (κ3) is 2.97. The van der Waals surface area contributed by atoms with Crippen LogP contribution < -0.4 is 14.4 Å². The van der Waals surface area contributed by atoms with Crippen molar-refractivity contribution in [2.45, 2.75) is 19.3 Å². The van der Waals surface area contributed by atoms with Gasteiger partial charge in [0.2, 0.25) is 0 Å². The second-order valence-electron chi connectivity index (χ2n) is 6.47. The molecule has 0 radical (unpaired) electrons. The summed E-state index contributed by atoms with van der Waals surface area (Å²) in [5, 5.41) is 8.64. The van der Waals surface area contributed by atoms with Gasteiger partial charge in [-0.05, 0) is 23.8 Å². The molecule has 0 unspecified atom stereocenters. The van der Waals surface area contributed by atoms with E-state index in [0.717, 1.165) is 11.4 Å². The molecule has 1 heterocycles. The van der Waals surface area contributed by atoms with E-state index < -0.39 is 0 Å². The molecule has 0 bridgehead atoms. The van der Waals surface area contributed by atoms with Gasteiger partial charge in [0.25, 0.3) is 0 Å². The van der Waals surface area contributed by atoms with Crippen LogP contribution in [-0.4, -0.2) is 21.3 Å². The van der Waals surface area contributed by atoms with E-state index in [4.69, 9.17) is 9.47 Å². The van der Waals surface area contributed by atoms with Gasteiger partial charge in [-0.25, -0.2) is 0 Å². The molecular formula is C20H23N3O2. The van der Waals surface area contributed by atoms with Crippen LogP contribution in [0.4, 0.5) is 11.4 Å². The van der Waals surface area contributed by atoms with E-state index in [-0.39, 0.29) is 5.41 Å². The van der Waals surface area contributed by atoms with Crippen molar-refractivity contribution in [2.24, 2.45) is 10.2 Å². The minimum absolute atomic E-state index is 0.117. The topological polar surface area (TPSA) is 46.4 Å². The van der Waals surface area contributed by atoms with Crippen molar-refractivity contribution >= 4 is 11.4 Å². The molecule has 1 aliphatic rings. The Morgan fingerprint density at radius 1 is 1.04 bits per heavy atom. The number of hydrogen-bond donors (Lipinski definition) is 0. The monoisotopic (exact) mass is 337 g/mol. The second kappa shape index (κ2) is 6.59. The van der Waals surface area contributed by atoms with Crippen LogP contribution in [0.1, 0.15) is 19.4 Å². The lowest BCUT2D eigenvalue weighted by Gasteiger charge is -2.22. The minimum atomic E-state index is -0.117. The predicted octanol–water partition coefficient (Wildman–Crippen LogP) is 5.06. The minimum Gasteiger partial charge on any atom is -0.497 e. The Balaban J connectivity index is 1.91. The molecule has 0 atom stereocenters. The fourth-order valence-electron chi connectivity index (χ4n) is 3.24. The van der Waals surface area contributed by atoms with Gasteiger partial charge in [-0.2, -0.15) is 5.11 Å². The lowest BCUT2D eigenvalue weighted by molar-refractivity contribution is 0.395. The molecule has 5 heteroatoms. The van der Waals surface area contributed by atoms with E-state index in [9.17, 15) is 0 Å². The highest BCUT2D eigenvalue weighted by atomic mass is 16.5. The first-order chi connectivity index (χ1) is 12.0. The van der Waals surface area contributed by atoms with E-state index in [1.165, 1.54) is 11.3 Å². The van der Waals surface area contributed by atoms with Gasteiger partial charge in [0.1, 0.15) is 17.2 Å². The zero-order valence-electron chi connectivity index (χ0n) is 15.3. The van der Waals surface area contributed by atoms with E-state index in [0.29, 0.717) is 11.4 Å². The first-order valence-corrected chi connectivity index (χ1v) is 8.16. The number of methoxy groups -OCH3 is 2. The molecule has 0 saturated heterocycles. The number of benzene rings is 2. The molecule has 0 N–H and O–H groups in total. The first-order valence-electron chi connectivity index (χ1n) is 8.16. The number of likely N-dealkylation sites (N-methyl/N-ethyl adjacent to an activating group) is 1. The van der Waals surface area contributed by atoms with E-state index in [1.807, 2.05) is 18.3 Å². The zero-order chi connectivity index (χ0) is 18.0. The summed E-state index contributed by atoms with van der Waals surface area (Å²) in [7, 11) is 5.29. The SMILES string of the molecule is COc1ccc(N=NC=C2N(C)c3ccccc3C2(C)C)c(OC)c1. The normalized spacial score (nSPS) is 17.2. The molecule has 0 amide bonds. The highest BCUT2D eigenvalue weighted by molar-refractivity contribution is 5.69. The summed E-state index contributed by atoms with van der Waals surface area (Å²) >= 11 is 0. The van der Waals surface area contributed by atoms with Crippen LogP contribution in [0.15, 0.2) is 64.6 Å². The lowest BCUT2D eigenvalue weighted by atomic mass is 9.84. The molecule has 25 heavy (non-hydrogen) atoms. The number of allylic oxidation sites excluding steroid dienone is 1. The Kier molecular flexibility index (Phi) is 4.49. The van der Waals surface area contributed by atoms with E-state index in [1.54, 1.807) is 20.3 Å². The van der Waals surface area contributed by atoms with Crippen molar-refractivity contribution in [1.82, 2.24) is 0 Å². The number of ether oxygens (including phenoxy) is 2. The van der Waals surface area contributed by atoms with Crippen LogP contribution in [-0.2, 0) is 5.41 Å². The maximum absolute atomic E-state index is 5.36. The van der Waals surface area contributed by atoms with Crippen molar-refractivity contribution in [3.63, 3.8) is 0 Å². The van der Waals surface area contributed by atoms with Crippen molar-refractivity contribution in [2.75, 3.05) is 26.2 Å². The molecule has 0 aliphatic carbocycles. The predicted molar refractivity (Wildman–Crippen MR) is 100 cm³/mol. The summed E-state index contributed by atoms with van der Waals surface area (Å²) in [6.45, 7) is 4.40. The highest BCUT2D eigenvalue weighted by Gasteiger charge is 2.38. The third-order valence-corrected chi connectivity index (χ3v) is 4.67. The van der Waals surface area contributed by atoms with Gasteiger partial charge in [-0.15, -0.1) is 5.11 Å². The molecule has 2 aromatic rings. The van der Waals surface area contributed by atoms with Crippen molar-refractivity contribution in [3.05, 3.63) is 59.9 Å². The lowest BCUT2D eigenvalue weighted by Crippen LogP contribution is -2.22. The summed E-state index contributed by atoms with van der Waals surface area (Å²) in [5.74, 6) is 1.35. The molecule has 0 saturated carbocycles. The fourth-order valence-corrected chi connectivity index (χ4v) is 3.24. The molecular weight excluding hydrogens is 314 g/mol. The quantitative estimate of drug-likeness (QED) is 0.733. The molecule has 1 aliphatic heterocycles. The number of rotatable bonds is 4. The van der Waals surface area contributed by atoms with Gasteiger partial charge in [-0.3, -0.25) is 0 Å². The Morgan fingerprint density at radius 3 is 2.48 bits per heavy atom. The van der Waals surface area contributed by atoms with Crippen LogP contribution in [0.25, 0.3) is 0 Å². The van der Waals surface area contributed by atoms with Crippen LogP contribution in [0.2, 0.25) is 0 Å². The van der Waals surface area contributed by atoms with Crippen LogP contribution >= 0.6 is 0 Å². The fraction of sp³-hybridized carbons (Fsp3) is 0.300. The van der Waals surface area contributed by atoms with Gasteiger partial charge in [0.15, 0.2) is 0 Å². The highest BCUT2D eigenvalue weighted by Crippen LogP contribution is 2.46. The maximum Gasteiger partial charge on any atom is 0.150 e.